The molecule has 1 amide bonds. The summed E-state index contributed by atoms with van der Waals surface area (Å²) in [7, 11) is 1.60. The molecule has 0 unspecified atom stereocenters. The van der Waals surface area contributed by atoms with E-state index < -0.39 is 11.4 Å². The fraction of sp³-hybridized carbons (Fsp3) is 0.476. The molecule has 2 heterocycles. The monoisotopic (exact) mass is 386 g/mol. The summed E-state index contributed by atoms with van der Waals surface area (Å²) in [6, 6.07) is 9.18. The lowest BCUT2D eigenvalue weighted by Crippen LogP contribution is -2.51. The molecule has 1 fully saturated rings. The Labute approximate surface area is 164 Å². The molecule has 7 nitrogen and oxygen atoms in total. The van der Waals surface area contributed by atoms with Crippen LogP contribution in [-0.4, -0.2) is 47.2 Å². The van der Waals surface area contributed by atoms with Gasteiger partial charge in [0, 0.05) is 37.1 Å². The average molecular weight is 386 g/mol. The van der Waals surface area contributed by atoms with Crippen LogP contribution in [0.1, 0.15) is 32.4 Å². The first kappa shape index (κ1) is 19.9. The molecule has 1 N–H and O–H groups in total. The summed E-state index contributed by atoms with van der Waals surface area (Å²) in [5, 5.41) is 14.0. The lowest BCUT2D eigenvalue weighted by atomic mass is 9.76. The van der Waals surface area contributed by atoms with Gasteiger partial charge in [0.1, 0.15) is 17.2 Å². The number of rotatable bonds is 6. The third kappa shape index (κ3) is 4.03. The van der Waals surface area contributed by atoms with Gasteiger partial charge in [0.2, 0.25) is 5.91 Å². The Bertz CT molecular complexity index is 843. The van der Waals surface area contributed by atoms with Crippen molar-refractivity contribution in [3.05, 3.63) is 36.1 Å². The molecule has 0 saturated carbocycles. The fourth-order valence-electron chi connectivity index (χ4n) is 3.71. The van der Waals surface area contributed by atoms with Gasteiger partial charge < -0.3 is 19.3 Å². The Morgan fingerprint density at radius 1 is 1.32 bits per heavy atom. The number of nitrogens with zero attached hydrogens (tertiary/aromatic N) is 2. The second-order valence-electron chi connectivity index (χ2n) is 7.69. The predicted molar refractivity (Wildman–Crippen MR) is 103 cm³/mol. The van der Waals surface area contributed by atoms with Crippen molar-refractivity contribution in [2.24, 2.45) is 11.3 Å². The first-order chi connectivity index (χ1) is 13.3. The van der Waals surface area contributed by atoms with Gasteiger partial charge in [-0.1, -0.05) is 19.0 Å². The second kappa shape index (κ2) is 8.04. The molecule has 150 valence electrons. The standard InChI is InChI=1S/C21H26N2O5/c1-14(2)19(24)23-10-4-9-21(13-23,20(25)26)12-17-11-18(22-28-17)15-5-7-16(27-3)8-6-15/h5-8,11,14H,4,9-10,12-13H2,1-3H3,(H,25,26)/t21-/m0/s1. The van der Waals surface area contributed by atoms with Crippen LogP contribution in [0.3, 0.4) is 0 Å². The number of aromatic nitrogens is 1. The minimum Gasteiger partial charge on any atom is -0.497 e. The number of carboxylic acid groups (broad SMARTS) is 1. The third-order valence-electron chi connectivity index (χ3n) is 5.29. The zero-order valence-corrected chi connectivity index (χ0v) is 16.5. The number of carbonyl (C=O) groups is 2. The summed E-state index contributed by atoms with van der Waals surface area (Å²) in [5.41, 5.74) is 0.448. The van der Waals surface area contributed by atoms with Crippen LogP contribution in [0, 0.1) is 11.3 Å². The number of piperidine rings is 1. The highest BCUT2D eigenvalue weighted by Crippen LogP contribution is 2.35. The highest BCUT2D eigenvalue weighted by Gasteiger charge is 2.45. The Morgan fingerprint density at radius 3 is 2.64 bits per heavy atom. The minimum absolute atomic E-state index is 0.0122. The summed E-state index contributed by atoms with van der Waals surface area (Å²) < 4.78 is 10.6. The number of ether oxygens (including phenoxy) is 1. The van der Waals surface area contributed by atoms with Crippen molar-refractivity contribution < 1.29 is 24.0 Å². The molecular weight excluding hydrogens is 360 g/mol. The number of hydrogen-bond acceptors (Lipinski definition) is 5. The highest BCUT2D eigenvalue weighted by atomic mass is 16.5. The van der Waals surface area contributed by atoms with E-state index in [-0.39, 0.29) is 24.8 Å². The summed E-state index contributed by atoms with van der Waals surface area (Å²) in [4.78, 5) is 26.2. The predicted octanol–water partition coefficient (Wildman–Crippen LogP) is 3.24. The maximum Gasteiger partial charge on any atom is 0.311 e. The smallest absolute Gasteiger partial charge is 0.311 e. The van der Waals surface area contributed by atoms with Gasteiger partial charge in [-0.25, -0.2) is 0 Å². The van der Waals surface area contributed by atoms with Gasteiger partial charge >= 0.3 is 5.97 Å². The molecule has 1 aliphatic heterocycles. The van der Waals surface area contributed by atoms with Gasteiger partial charge in [0.05, 0.1) is 12.5 Å². The Balaban J connectivity index is 1.80. The summed E-state index contributed by atoms with van der Waals surface area (Å²) in [6.07, 6.45) is 1.36. The van der Waals surface area contributed by atoms with Crippen molar-refractivity contribution in [1.82, 2.24) is 10.1 Å². The van der Waals surface area contributed by atoms with E-state index in [1.54, 1.807) is 18.1 Å². The maximum absolute atomic E-state index is 12.4. The van der Waals surface area contributed by atoms with E-state index in [1.165, 1.54) is 0 Å². The lowest BCUT2D eigenvalue weighted by Gasteiger charge is -2.40. The molecule has 1 aliphatic rings. The zero-order chi connectivity index (χ0) is 20.3. The van der Waals surface area contributed by atoms with E-state index in [2.05, 4.69) is 5.16 Å². The van der Waals surface area contributed by atoms with Crippen LogP contribution in [0.15, 0.2) is 34.9 Å². The van der Waals surface area contributed by atoms with Crippen molar-refractivity contribution in [3.8, 4) is 17.0 Å². The van der Waals surface area contributed by atoms with Crippen LogP contribution >= 0.6 is 0 Å². The lowest BCUT2D eigenvalue weighted by molar-refractivity contribution is -0.156. The summed E-state index contributed by atoms with van der Waals surface area (Å²) >= 11 is 0. The molecular formula is C21H26N2O5. The van der Waals surface area contributed by atoms with Gasteiger partial charge in [0.25, 0.3) is 0 Å². The van der Waals surface area contributed by atoms with E-state index in [0.717, 1.165) is 11.3 Å². The highest BCUT2D eigenvalue weighted by molar-refractivity contribution is 5.81. The number of carboxylic acids is 1. The molecule has 0 radical (unpaired) electrons. The molecule has 1 saturated heterocycles. The number of likely N-dealkylation sites (tertiary alicyclic amines) is 1. The van der Waals surface area contributed by atoms with Crippen LogP contribution in [0.2, 0.25) is 0 Å². The Kier molecular flexibility index (Phi) is 5.72. The maximum atomic E-state index is 12.4. The van der Waals surface area contributed by atoms with Gasteiger partial charge in [-0.2, -0.15) is 0 Å². The molecule has 0 aliphatic carbocycles. The summed E-state index contributed by atoms with van der Waals surface area (Å²) in [5.74, 6) is 0.177. The topological polar surface area (TPSA) is 92.9 Å². The molecule has 2 aromatic rings. The van der Waals surface area contributed by atoms with E-state index in [1.807, 2.05) is 38.1 Å². The van der Waals surface area contributed by atoms with Crippen molar-refractivity contribution >= 4 is 11.9 Å². The number of benzene rings is 1. The molecule has 3 rings (SSSR count). The van der Waals surface area contributed by atoms with Crippen LogP contribution in [-0.2, 0) is 16.0 Å². The molecule has 1 aromatic heterocycles. The van der Waals surface area contributed by atoms with Gasteiger partial charge in [-0.05, 0) is 37.1 Å². The molecule has 7 heteroatoms. The first-order valence-corrected chi connectivity index (χ1v) is 9.47. The van der Waals surface area contributed by atoms with Gasteiger partial charge in [-0.15, -0.1) is 0 Å². The van der Waals surface area contributed by atoms with Crippen molar-refractivity contribution in [2.45, 2.75) is 33.1 Å². The van der Waals surface area contributed by atoms with Crippen LogP contribution in [0.4, 0.5) is 0 Å². The largest absolute Gasteiger partial charge is 0.497 e. The Hall–Kier alpha value is -2.83. The van der Waals surface area contributed by atoms with Crippen molar-refractivity contribution in [3.63, 3.8) is 0 Å². The second-order valence-corrected chi connectivity index (χ2v) is 7.69. The number of amides is 1. The average Bonchev–Trinajstić information content (AvgIpc) is 3.15. The van der Waals surface area contributed by atoms with E-state index in [0.29, 0.717) is 30.8 Å². The fourth-order valence-corrected chi connectivity index (χ4v) is 3.71. The minimum atomic E-state index is -1.06. The van der Waals surface area contributed by atoms with Crippen molar-refractivity contribution in [2.75, 3.05) is 20.2 Å². The number of aliphatic carboxylic acids is 1. The molecule has 0 bridgehead atoms. The molecule has 1 aromatic carbocycles. The Morgan fingerprint density at radius 2 is 2.04 bits per heavy atom. The first-order valence-electron chi connectivity index (χ1n) is 9.47. The number of hydrogen-bond donors (Lipinski definition) is 1. The van der Waals surface area contributed by atoms with E-state index >= 15 is 0 Å². The van der Waals surface area contributed by atoms with Crippen LogP contribution in [0.25, 0.3) is 11.3 Å². The molecule has 28 heavy (non-hydrogen) atoms. The molecule has 1 atom stereocenters. The third-order valence-corrected chi connectivity index (χ3v) is 5.29. The van der Waals surface area contributed by atoms with Crippen LogP contribution < -0.4 is 4.74 Å². The van der Waals surface area contributed by atoms with E-state index in [9.17, 15) is 14.7 Å². The normalized spacial score (nSPS) is 19.6. The van der Waals surface area contributed by atoms with Gasteiger partial charge in [0.15, 0.2) is 0 Å². The number of methoxy groups -OCH3 is 1. The quantitative estimate of drug-likeness (QED) is 0.819. The van der Waals surface area contributed by atoms with E-state index in [4.69, 9.17) is 9.26 Å². The summed E-state index contributed by atoms with van der Waals surface area (Å²) in [6.45, 7) is 4.45. The van der Waals surface area contributed by atoms with Crippen molar-refractivity contribution in [1.29, 1.82) is 0 Å². The zero-order valence-electron chi connectivity index (χ0n) is 16.5. The molecule has 0 spiro atoms. The number of carbonyl (C=O) groups excluding carboxylic acids is 1. The van der Waals surface area contributed by atoms with Gasteiger partial charge in [-0.3, -0.25) is 9.59 Å². The SMILES string of the molecule is COc1ccc(-c2cc(C[C@@]3(C(=O)O)CCCN(C(=O)C(C)C)C3)on2)cc1. The van der Waals surface area contributed by atoms with Crippen LogP contribution in [0.5, 0.6) is 5.75 Å².